The van der Waals surface area contributed by atoms with E-state index in [1.54, 1.807) is 12.4 Å². The third kappa shape index (κ3) is 2.19. The van der Waals surface area contributed by atoms with Gasteiger partial charge in [-0.25, -0.2) is 4.98 Å². The van der Waals surface area contributed by atoms with Crippen molar-refractivity contribution < 1.29 is 0 Å². The molecule has 22 heavy (non-hydrogen) atoms. The fraction of sp³-hybridized carbons (Fsp3) is 0.125. The quantitative estimate of drug-likeness (QED) is 0.754. The fourth-order valence-electron chi connectivity index (χ4n) is 2.50. The Balaban J connectivity index is 2.30. The van der Waals surface area contributed by atoms with Crippen LogP contribution in [0.2, 0.25) is 0 Å². The van der Waals surface area contributed by atoms with Gasteiger partial charge in [0.15, 0.2) is 0 Å². The predicted octanol–water partition coefficient (Wildman–Crippen LogP) is 2.60. The zero-order valence-electron chi connectivity index (χ0n) is 12.3. The molecule has 0 saturated heterocycles. The van der Waals surface area contributed by atoms with E-state index in [0.717, 1.165) is 28.1 Å². The molecule has 0 spiro atoms. The molecule has 108 valence electrons. The molecule has 0 saturated carbocycles. The second-order valence-electron chi connectivity index (χ2n) is 4.97. The van der Waals surface area contributed by atoms with E-state index in [4.69, 9.17) is 5.73 Å². The number of aromatic amines is 1. The summed E-state index contributed by atoms with van der Waals surface area (Å²) in [7, 11) is 0. The molecule has 3 heterocycles. The van der Waals surface area contributed by atoms with Crippen LogP contribution in [0.15, 0.2) is 30.6 Å². The number of rotatable bonds is 2. The first kappa shape index (κ1) is 13.8. The lowest BCUT2D eigenvalue weighted by Crippen LogP contribution is -2.00. The number of nitriles is 1. The Morgan fingerprint density at radius 3 is 2.55 bits per heavy atom. The molecular weight excluding hydrogens is 276 g/mol. The number of pyridine rings is 2. The number of hydrogen-bond acceptors (Lipinski definition) is 5. The average Bonchev–Trinajstić information content (AvgIpc) is 2.86. The summed E-state index contributed by atoms with van der Waals surface area (Å²) in [6.45, 7) is 3.81. The number of aryl methyl sites for hydroxylation is 2. The zero-order valence-corrected chi connectivity index (χ0v) is 12.3. The molecule has 0 aliphatic heterocycles. The molecule has 0 fully saturated rings. The molecule has 0 aliphatic carbocycles. The van der Waals surface area contributed by atoms with Gasteiger partial charge >= 0.3 is 0 Å². The highest BCUT2D eigenvalue weighted by atomic mass is 15.1. The van der Waals surface area contributed by atoms with E-state index in [1.807, 2.05) is 32.0 Å². The predicted molar refractivity (Wildman–Crippen MR) is 83.7 cm³/mol. The van der Waals surface area contributed by atoms with Gasteiger partial charge in [-0.2, -0.15) is 10.4 Å². The molecule has 0 aromatic carbocycles. The molecule has 0 atom stereocenters. The van der Waals surface area contributed by atoms with Crippen molar-refractivity contribution in [1.82, 2.24) is 20.2 Å². The van der Waals surface area contributed by atoms with E-state index in [1.165, 1.54) is 0 Å². The van der Waals surface area contributed by atoms with Crippen LogP contribution in [0.3, 0.4) is 0 Å². The van der Waals surface area contributed by atoms with Gasteiger partial charge in [0.2, 0.25) is 0 Å². The minimum Gasteiger partial charge on any atom is -0.383 e. The highest BCUT2D eigenvalue weighted by molar-refractivity contribution is 5.82. The second kappa shape index (κ2) is 5.30. The van der Waals surface area contributed by atoms with Crippen LogP contribution in [-0.4, -0.2) is 20.2 Å². The molecule has 0 aliphatic rings. The van der Waals surface area contributed by atoms with Crippen LogP contribution in [-0.2, 0) is 0 Å². The molecule has 6 heteroatoms. The number of aromatic nitrogens is 4. The third-order valence-electron chi connectivity index (χ3n) is 3.53. The Kier molecular flexibility index (Phi) is 3.31. The Morgan fingerprint density at radius 2 is 1.95 bits per heavy atom. The number of H-pyrrole nitrogens is 1. The molecule has 0 radical (unpaired) electrons. The molecule has 3 aromatic heterocycles. The number of nitrogens with zero attached hydrogens (tertiary/aromatic N) is 4. The first-order chi connectivity index (χ1) is 10.6. The van der Waals surface area contributed by atoms with E-state index in [0.29, 0.717) is 11.3 Å². The van der Waals surface area contributed by atoms with Gasteiger partial charge in [-0.1, -0.05) is 0 Å². The van der Waals surface area contributed by atoms with Crippen molar-refractivity contribution in [2.24, 2.45) is 0 Å². The van der Waals surface area contributed by atoms with Gasteiger partial charge in [-0.15, -0.1) is 0 Å². The molecular formula is C16H14N6. The first-order valence-corrected chi connectivity index (χ1v) is 6.74. The first-order valence-electron chi connectivity index (χ1n) is 6.74. The third-order valence-corrected chi connectivity index (χ3v) is 3.53. The van der Waals surface area contributed by atoms with Crippen molar-refractivity contribution in [1.29, 1.82) is 5.26 Å². The van der Waals surface area contributed by atoms with Crippen LogP contribution < -0.4 is 5.73 Å². The fourth-order valence-corrected chi connectivity index (χ4v) is 2.50. The Hall–Kier alpha value is -3.20. The van der Waals surface area contributed by atoms with Gasteiger partial charge in [0.05, 0.1) is 11.4 Å². The van der Waals surface area contributed by atoms with Crippen molar-refractivity contribution >= 4 is 5.82 Å². The standard InChI is InChI=1S/C16H14N6/c1-9-15(10(2)22-21-9)12-7-14(11-3-5-19-6-4-11)20-16(18)13(12)8-17/h3-7H,1-2H3,(H2,18,20)(H,21,22). The smallest absolute Gasteiger partial charge is 0.142 e. The van der Waals surface area contributed by atoms with Crippen molar-refractivity contribution in [2.75, 3.05) is 5.73 Å². The number of nitrogens with one attached hydrogen (secondary N) is 1. The van der Waals surface area contributed by atoms with Crippen LogP contribution >= 0.6 is 0 Å². The van der Waals surface area contributed by atoms with Crippen LogP contribution in [0.25, 0.3) is 22.4 Å². The normalized spacial score (nSPS) is 10.4. The SMILES string of the molecule is Cc1n[nH]c(C)c1-c1cc(-c2ccncc2)nc(N)c1C#N. The molecule has 3 N–H and O–H groups in total. The van der Waals surface area contributed by atoms with E-state index in [2.05, 4.69) is 26.2 Å². The maximum Gasteiger partial charge on any atom is 0.142 e. The van der Waals surface area contributed by atoms with Gasteiger partial charge in [-0.05, 0) is 32.0 Å². The van der Waals surface area contributed by atoms with E-state index in [9.17, 15) is 5.26 Å². The Labute approximate surface area is 127 Å². The Morgan fingerprint density at radius 1 is 1.23 bits per heavy atom. The monoisotopic (exact) mass is 290 g/mol. The molecule has 3 rings (SSSR count). The van der Waals surface area contributed by atoms with Crippen molar-refractivity contribution in [2.45, 2.75) is 13.8 Å². The van der Waals surface area contributed by atoms with E-state index in [-0.39, 0.29) is 5.82 Å². The van der Waals surface area contributed by atoms with Gasteiger partial charge < -0.3 is 5.73 Å². The van der Waals surface area contributed by atoms with E-state index < -0.39 is 0 Å². The minimum atomic E-state index is 0.215. The lowest BCUT2D eigenvalue weighted by molar-refractivity contribution is 1.02. The highest BCUT2D eigenvalue weighted by Crippen LogP contribution is 2.33. The Bertz CT molecular complexity index is 854. The number of hydrogen-bond donors (Lipinski definition) is 2. The maximum atomic E-state index is 9.43. The van der Waals surface area contributed by atoms with Crippen LogP contribution in [0.4, 0.5) is 5.82 Å². The van der Waals surface area contributed by atoms with Crippen LogP contribution in [0.1, 0.15) is 17.0 Å². The second-order valence-corrected chi connectivity index (χ2v) is 4.97. The summed E-state index contributed by atoms with van der Waals surface area (Å²) in [5.74, 6) is 0.215. The molecule has 0 bridgehead atoms. The van der Waals surface area contributed by atoms with Gasteiger partial charge in [0.1, 0.15) is 17.5 Å². The van der Waals surface area contributed by atoms with Gasteiger partial charge in [-0.3, -0.25) is 10.1 Å². The topological polar surface area (TPSA) is 104 Å². The largest absolute Gasteiger partial charge is 0.383 e. The van der Waals surface area contributed by atoms with Crippen LogP contribution in [0, 0.1) is 25.2 Å². The lowest BCUT2D eigenvalue weighted by Gasteiger charge is -2.10. The number of anilines is 1. The summed E-state index contributed by atoms with van der Waals surface area (Å²) >= 11 is 0. The molecule has 3 aromatic rings. The van der Waals surface area contributed by atoms with Crippen molar-refractivity contribution in [3.63, 3.8) is 0 Å². The highest BCUT2D eigenvalue weighted by Gasteiger charge is 2.18. The lowest BCUT2D eigenvalue weighted by atomic mass is 9.97. The summed E-state index contributed by atoms with van der Waals surface area (Å²) in [5.41, 5.74) is 11.3. The molecule has 0 unspecified atom stereocenters. The number of nitrogen functional groups attached to an aromatic ring is 1. The van der Waals surface area contributed by atoms with Crippen molar-refractivity contribution in [3.8, 4) is 28.5 Å². The van der Waals surface area contributed by atoms with E-state index >= 15 is 0 Å². The molecule has 6 nitrogen and oxygen atoms in total. The van der Waals surface area contributed by atoms with Crippen molar-refractivity contribution in [3.05, 3.63) is 47.5 Å². The van der Waals surface area contributed by atoms with Gasteiger partial charge in [0, 0.05) is 34.8 Å². The van der Waals surface area contributed by atoms with Gasteiger partial charge in [0.25, 0.3) is 0 Å². The summed E-state index contributed by atoms with van der Waals surface area (Å²) in [4.78, 5) is 8.34. The summed E-state index contributed by atoms with van der Waals surface area (Å²) in [6, 6.07) is 7.72. The number of nitrogens with two attached hydrogens (primary N) is 1. The summed E-state index contributed by atoms with van der Waals surface area (Å²) in [5, 5.41) is 16.6. The summed E-state index contributed by atoms with van der Waals surface area (Å²) < 4.78 is 0. The average molecular weight is 290 g/mol. The van der Waals surface area contributed by atoms with Crippen LogP contribution in [0.5, 0.6) is 0 Å². The maximum absolute atomic E-state index is 9.43. The minimum absolute atomic E-state index is 0.215. The molecule has 0 amide bonds. The summed E-state index contributed by atoms with van der Waals surface area (Å²) in [6.07, 6.45) is 3.39. The zero-order chi connectivity index (χ0) is 15.7.